The topological polar surface area (TPSA) is 20.2 Å². The fourth-order valence-corrected chi connectivity index (χ4v) is 5.19. The van der Waals surface area contributed by atoms with E-state index < -0.39 is 0 Å². The van der Waals surface area contributed by atoms with Crippen molar-refractivity contribution in [3.8, 4) is 0 Å². The van der Waals surface area contributed by atoms with Crippen molar-refractivity contribution in [3.05, 3.63) is 34.9 Å². The van der Waals surface area contributed by atoms with Crippen LogP contribution < -0.4 is 0 Å². The maximum absolute atomic E-state index is 9.97. The Morgan fingerprint density at radius 2 is 2.00 bits per heavy atom. The molecule has 1 aromatic carbocycles. The second-order valence-corrected chi connectivity index (χ2v) is 8.25. The largest absolute Gasteiger partial charge is 0.396 e. The van der Waals surface area contributed by atoms with Crippen molar-refractivity contribution in [2.75, 3.05) is 6.61 Å². The fraction of sp³-hybridized carbons (Fsp3) is 0.700. The van der Waals surface area contributed by atoms with Crippen LogP contribution in [0.3, 0.4) is 0 Å². The van der Waals surface area contributed by atoms with Gasteiger partial charge < -0.3 is 5.11 Å². The lowest BCUT2D eigenvalue weighted by atomic mass is 9.50. The maximum Gasteiger partial charge on any atom is 0.0487 e. The van der Waals surface area contributed by atoms with Gasteiger partial charge in [-0.2, -0.15) is 0 Å². The summed E-state index contributed by atoms with van der Waals surface area (Å²) in [6.45, 7) is 9.66. The molecule has 2 aliphatic carbocycles. The van der Waals surface area contributed by atoms with Crippen LogP contribution in [0.1, 0.15) is 76.0 Å². The van der Waals surface area contributed by atoms with Crippen LogP contribution in [-0.2, 0) is 11.8 Å². The van der Waals surface area contributed by atoms with Crippen LogP contribution in [-0.4, -0.2) is 11.7 Å². The molecule has 1 fully saturated rings. The van der Waals surface area contributed by atoms with Crippen LogP contribution in [0.25, 0.3) is 0 Å². The molecule has 3 rings (SSSR count). The van der Waals surface area contributed by atoms with Gasteiger partial charge in [0, 0.05) is 6.61 Å². The fourth-order valence-electron chi connectivity index (χ4n) is 5.19. The molecule has 3 unspecified atom stereocenters. The Morgan fingerprint density at radius 1 is 1.24 bits per heavy atom. The lowest BCUT2D eigenvalue weighted by Gasteiger charge is -2.55. The predicted molar refractivity (Wildman–Crippen MR) is 88.7 cm³/mol. The van der Waals surface area contributed by atoms with Crippen molar-refractivity contribution in [1.29, 1.82) is 0 Å². The minimum Gasteiger partial charge on any atom is -0.396 e. The Hall–Kier alpha value is -0.820. The standard InChI is InChI=1S/C20H30O/c1-14(2)15-6-8-17-16(12-15)7-9-18-19(3,13-21)10-5-11-20(17,18)4/h6,8,12,14,18,21H,5,7,9-11,13H2,1-4H3. The van der Waals surface area contributed by atoms with Crippen LogP contribution in [0.4, 0.5) is 0 Å². The van der Waals surface area contributed by atoms with E-state index in [-0.39, 0.29) is 10.8 Å². The Balaban J connectivity index is 2.05. The van der Waals surface area contributed by atoms with Crippen molar-refractivity contribution in [2.45, 2.75) is 71.1 Å². The van der Waals surface area contributed by atoms with Gasteiger partial charge >= 0.3 is 0 Å². The number of rotatable bonds is 2. The van der Waals surface area contributed by atoms with Crippen molar-refractivity contribution >= 4 is 0 Å². The van der Waals surface area contributed by atoms with Gasteiger partial charge in [0.1, 0.15) is 0 Å². The Labute approximate surface area is 129 Å². The number of hydrogen-bond acceptors (Lipinski definition) is 1. The van der Waals surface area contributed by atoms with Crippen LogP contribution >= 0.6 is 0 Å². The summed E-state index contributed by atoms with van der Waals surface area (Å²) in [7, 11) is 0. The Kier molecular flexibility index (Phi) is 3.68. The molecule has 0 radical (unpaired) electrons. The van der Waals surface area contributed by atoms with Gasteiger partial charge in [0.05, 0.1) is 0 Å². The molecule has 0 spiro atoms. The molecule has 1 nitrogen and oxygen atoms in total. The number of fused-ring (bicyclic) bond motifs is 3. The first-order valence-corrected chi connectivity index (χ1v) is 8.65. The molecule has 0 bridgehead atoms. The molecule has 1 saturated carbocycles. The van der Waals surface area contributed by atoms with E-state index in [1.165, 1.54) is 37.7 Å². The van der Waals surface area contributed by atoms with Gasteiger partial charge in [-0.1, -0.05) is 52.3 Å². The van der Waals surface area contributed by atoms with Gasteiger partial charge in [-0.3, -0.25) is 0 Å². The zero-order valence-corrected chi connectivity index (χ0v) is 14.1. The van der Waals surface area contributed by atoms with E-state index in [9.17, 15) is 5.11 Å². The van der Waals surface area contributed by atoms with Gasteiger partial charge in [-0.15, -0.1) is 0 Å². The van der Waals surface area contributed by atoms with E-state index in [0.29, 0.717) is 18.4 Å². The molecule has 0 saturated heterocycles. The summed E-state index contributed by atoms with van der Waals surface area (Å²) in [5.74, 6) is 1.23. The molecule has 0 amide bonds. The normalized spacial score (nSPS) is 35.4. The Morgan fingerprint density at radius 3 is 2.67 bits per heavy atom. The molecule has 0 aliphatic heterocycles. The highest BCUT2D eigenvalue weighted by Gasteiger charge is 2.51. The Bertz CT molecular complexity index is 533. The first-order valence-electron chi connectivity index (χ1n) is 8.65. The van der Waals surface area contributed by atoms with Crippen LogP contribution in [0.2, 0.25) is 0 Å². The highest BCUT2D eigenvalue weighted by atomic mass is 16.3. The third kappa shape index (κ3) is 2.25. The molecule has 1 aromatic rings. The monoisotopic (exact) mass is 286 g/mol. The highest BCUT2D eigenvalue weighted by molar-refractivity contribution is 5.42. The summed E-state index contributed by atoms with van der Waals surface area (Å²) in [5, 5.41) is 9.97. The van der Waals surface area contributed by atoms with Crippen LogP contribution in [0.5, 0.6) is 0 Å². The van der Waals surface area contributed by atoms with E-state index in [2.05, 4.69) is 45.9 Å². The molecule has 1 heteroatoms. The molecule has 116 valence electrons. The molecule has 0 aromatic heterocycles. The third-order valence-corrected chi connectivity index (χ3v) is 6.53. The lowest BCUT2D eigenvalue weighted by Crippen LogP contribution is -2.50. The first-order chi connectivity index (χ1) is 9.90. The lowest BCUT2D eigenvalue weighted by molar-refractivity contribution is -0.0179. The second-order valence-electron chi connectivity index (χ2n) is 8.25. The minimum atomic E-state index is 0.113. The summed E-state index contributed by atoms with van der Waals surface area (Å²) in [5.41, 5.74) is 4.99. The number of aryl methyl sites for hydroxylation is 1. The molecule has 21 heavy (non-hydrogen) atoms. The number of aliphatic hydroxyl groups is 1. The average Bonchev–Trinajstić information content (AvgIpc) is 2.46. The van der Waals surface area contributed by atoms with Gasteiger partial charge in [0.15, 0.2) is 0 Å². The average molecular weight is 286 g/mol. The quantitative estimate of drug-likeness (QED) is 0.827. The van der Waals surface area contributed by atoms with E-state index in [1.807, 2.05) is 0 Å². The van der Waals surface area contributed by atoms with E-state index in [1.54, 1.807) is 11.1 Å². The number of aliphatic hydroxyl groups excluding tert-OH is 1. The number of benzene rings is 1. The van der Waals surface area contributed by atoms with Gasteiger partial charge in [0.25, 0.3) is 0 Å². The number of hydrogen-bond donors (Lipinski definition) is 1. The SMILES string of the molecule is CC(C)c1ccc2c(c1)CCC1C(C)(CO)CCCC21C. The molecule has 0 heterocycles. The van der Waals surface area contributed by atoms with Crippen molar-refractivity contribution in [1.82, 2.24) is 0 Å². The zero-order valence-electron chi connectivity index (χ0n) is 14.1. The molecular weight excluding hydrogens is 256 g/mol. The third-order valence-electron chi connectivity index (χ3n) is 6.53. The van der Waals surface area contributed by atoms with Crippen molar-refractivity contribution in [2.24, 2.45) is 11.3 Å². The van der Waals surface area contributed by atoms with E-state index in [0.717, 1.165) is 0 Å². The maximum atomic E-state index is 9.97. The van der Waals surface area contributed by atoms with Crippen molar-refractivity contribution < 1.29 is 5.11 Å². The summed E-state index contributed by atoms with van der Waals surface area (Å²) >= 11 is 0. The van der Waals surface area contributed by atoms with Crippen molar-refractivity contribution in [3.63, 3.8) is 0 Å². The molecule has 3 atom stereocenters. The zero-order chi connectivity index (χ0) is 15.3. The van der Waals surface area contributed by atoms with Crippen LogP contribution in [0.15, 0.2) is 18.2 Å². The van der Waals surface area contributed by atoms with Gasteiger partial charge in [0.2, 0.25) is 0 Å². The smallest absolute Gasteiger partial charge is 0.0487 e. The van der Waals surface area contributed by atoms with Gasteiger partial charge in [-0.25, -0.2) is 0 Å². The summed E-state index contributed by atoms with van der Waals surface area (Å²) < 4.78 is 0. The van der Waals surface area contributed by atoms with Gasteiger partial charge in [-0.05, 0) is 65.0 Å². The first kappa shape index (κ1) is 15.1. The molecular formula is C20H30O. The highest BCUT2D eigenvalue weighted by Crippen LogP contribution is 2.57. The summed E-state index contributed by atoms with van der Waals surface area (Å²) in [6, 6.07) is 7.19. The second kappa shape index (κ2) is 5.12. The minimum absolute atomic E-state index is 0.113. The van der Waals surface area contributed by atoms with E-state index in [4.69, 9.17) is 0 Å². The van der Waals surface area contributed by atoms with Crippen LogP contribution in [0, 0.1) is 11.3 Å². The molecule has 2 aliphatic rings. The molecule has 1 N–H and O–H groups in total. The van der Waals surface area contributed by atoms with E-state index >= 15 is 0 Å². The predicted octanol–water partition coefficient (Wildman–Crippen LogP) is 4.81. The summed E-state index contributed by atoms with van der Waals surface area (Å²) in [6.07, 6.45) is 6.13. The summed E-state index contributed by atoms with van der Waals surface area (Å²) in [4.78, 5) is 0.